The average Bonchev–Trinajstić information content (AvgIpc) is 2.57. The summed E-state index contributed by atoms with van der Waals surface area (Å²) < 4.78 is 38.9. The number of alkyl halides is 3. The van der Waals surface area contributed by atoms with E-state index >= 15 is 0 Å². The van der Waals surface area contributed by atoms with Crippen molar-refractivity contribution in [2.45, 2.75) is 45.3 Å². The maximum Gasteiger partial charge on any atom is 0.433 e. The van der Waals surface area contributed by atoms with Crippen LogP contribution < -0.4 is 4.90 Å². The zero-order valence-electron chi connectivity index (χ0n) is 13.8. The molecule has 0 N–H and O–H groups in total. The minimum atomic E-state index is -4.46. The molecule has 24 heavy (non-hydrogen) atoms. The Kier molecular flexibility index (Phi) is 4.47. The van der Waals surface area contributed by atoms with E-state index in [1.807, 2.05) is 24.0 Å². The summed E-state index contributed by atoms with van der Waals surface area (Å²) in [5.74, 6) is 0.162. The summed E-state index contributed by atoms with van der Waals surface area (Å²) >= 11 is 0. The summed E-state index contributed by atoms with van der Waals surface area (Å²) in [6.45, 7) is 4.77. The summed E-state index contributed by atoms with van der Waals surface area (Å²) in [4.78, 5) is 9.82. The Labute approximate surface area is 139 Å². The van der Waals surface area contributed by atoms with Gasteiger partial charge in [0.05, 0.1) is 6.04 Å². The monoisotopic (exact) mass is 335 g/mol. The van der Waals surface area contributed by atoms with Crippen LogP contribution in [0, 0.1) is 13.8 Å². The van der Waals surface area contributed by atoms with Crippen LogP contribution in [0.15, 0.2) is 30.5 Å². The van der Waals surface area contributed by atoms with Gasteiger partial charge in [-0.25, -0.2) is 9.97 Å². The van der Waals surface area contributed by atoms with Gasteiger partial charge in [-0.3, -0.25) is 0 Å². The van der Waals surface area contributed by atoms with Crippen molar-refractivity contribution >= 4 is 5.95 Å². The molecular weight excluding hydrogens is 315 g/mol. The lowest BCUT2D eigenvalue weighted by molar-refractivity contribution is -0.141. The van der Waals surface area contributed by atoms with Crippen molar-refractivity contribution in [1.82, 2.24) is 9.97 Å². The number of nitrogens with zero attached hydrogens (tertiary/aromatic N) is 3. The lowest BCUT2D eigenvalue weighted by atomic mass is 9.90. The predicted molar refractivity (Wildman–Crippen MR) is 86.9 cm³/mol. The van der Waals surface area contributed by atoms with Crippen molar-refractivity contribution in [3.05, 3.63) is 52.8 Å². The van der Waals surface area contributed by atoms with Crippen LogP contribution in [0.25, 0.3) is 0 Å². The first-order valence-electron chi connectivity index (χ1n) is 8.11. The normalized spacial score (nSPS) is 18.7. The van der Waals surface area contributed by atoms with Gasteiger partial charge >= 0.3 is 6.18 Å². The molecule has 128 valence electrons. The minimum absolute atomic E-state index is 0.0159. The van der Waals surface area contributed by atoms with Gasteiger partial charge in [-0.1, -0.05) is 18.2 Å². The number of hydrogen-bond donors (Lipinski definition) is 0. The summed E-state index contributed by atoms with van der Waals surface area (Å²) in [6.07, 6.45) is -0.388. The van der Waals surface area contributed by atoms with Crippen molar-refractivity contribution in [2.75, 3.05) is 11.4 Å². The van der Waals surface area contributed by atoms with Gasteiger partial charge in [0.25, 0.3) is 0 Å². The zero-order valence-corrected chi connectivity index (χ0v) is 13.8. The SMILES string of the molecule is Cc1cccc([C@@H]2CCCCN2c2nccc(C(F)(F)F)n2)c1C. The van der Waals surface area contributed by atoms with Crippen LogP contribution in [0.4, 0.5) is 19.1 Å². The van der Waals surface area contributed by atoms with Gasteiger partial charge in [0.1, 0.15) is 5.69 Å². The number of aryl methyl sites for hydroxylation is 1. The van der Waals surface area contributed by atoms with Crippen LogP contribution in [0.1, 0.15) is 47.7 Å². The van der Waals surface area contributed by atoms with Crippen LogP contribution in [0.5, 0.6) is 0 Å². The molecule has 6 heteroatoms. The first-order valence-corrected chi connectivity index (χ1v) is 8.11. The molecule has 0 aliphatic carbocycles. The molecule has 0 radical (unpaired) electrons. The van der Waals surface area contributed by atoms with Crippen molar-refractivity contribution in [3.8, 4) is 0 Å². The fourth-order valence-electron chi connectivity index (χ4n) is 3.27. The highest BCUT2D eigenvalue weighted by atomic mass is 19.4. The quantitative estimate of drug-likeness (QED) is 0.786. The lowest BCUT2D eigenvalue weighted by Crippen LogP contribution is -2.35. The highest BCUT2D eigenvalue weighted by molar-refractivity contribution is 5.43. The van der Waals surface area contributed by atoms with Crippen molar-refractivity contribution < 1.29 is 13.2 Å². The number of rotatable bonds is 2. The Morgan fingerprint density at radius 2 is 1.92 bits per heavy atom. The van der Waals surface area contributed by atoms with E-state index in [1.54, 1.807) is 0 Å². The van der Waals surface area contributed by atoms with Crippen molar-refractivity contribution in [2.24, 2.45) is 0 Å². The first-order chi connectivity index (χ1) is 11.4. The van der Waals surface area contributed by atoms with Gasteiger partial charge in [0.15, 0.2) is 0 Å². The second-order valence-corrected chi connectivity index (χ2v) is 6.23. The smallest absolute Gasteiger partial charge is 0.334 e. The summed E-state index contributed by atoms with van der Waals surface area (Å²) in [6, 6.07) is 7.03. The number of anilines is 1. The molecule has 1 aliphatic rings. The Balaban J connectivity index is 2.00. The zero-order chi connectivity index (χ0) is 17.3. The Hall–Kier alpha value is -2.11. The molecule has 3 nitrogen and oxygen atoms in total. The summed E-state index contributed by atoms with van der Waals surface area (Å²) in [7, 11) is 0. The van der Waals surface area contributed by atoms with Gasteiger partial charge in [-0.2, -0.15) is 13.2 Å². The van der Waals surface area contributed by atoms with E-state index in [1.165, 1.54) is 17.3 Å². The molecule has 1 saturated heterocycles. The first kappa shape index (κ1) is 16.7. The van der Waals surface area contributed by atoms with Gasteiger partial charge < -0.3 is 4.90 Å². The molecule has 2 heterocycles. The molecule has 1 aliphatic heterocycles. The third-order valence-electron chi connectivity index (χ3n) is 4.70. The second kappa shape index (κ2) is 6.42. The molecule has 1 aromatic carbocycles. The molecule has 1 atom stereocenters. The number of aromatic nitrogens is 2. The Morgan fingerprint density at radius 3 is 2.67 bits per heavy atom. The van der Waals surface area contributed by atoms with Crippen LogP contribution in [0.3, 0.4) is 0 Å². The predicted octanol–water partition coefficient (Wildman–Crippen LogP) is 4.84. The van der Waals surface area contributed by atoms with E-state index in [0.29, 0.717) is 6.54 Å². The summed E-state index contributed by atoms with van der Waals surface area (Å²) in [5.41, 5.74) is 2.62. The second-order valence-electron chi connectivity index (χ2n) is 6.23. The number of hydrogen-bond acceptors (Lipinski definition) is 3. The molecule has 1 fully saturated rings. The maximum absolute atomic E-state index is 13.0. The van der Waals surface area contributed by atoms with Crippen molar-refractivity contribution in [1.29, 1.82) is 0 Å². The molecule has 0 unspecified atom stereocenters. The molecule has 3 rings (SSSR count). The van der Waals surface area contributed by atoms with E-state index in [4.69, 9.17) is 0 Å². The summed E-state index contributed by atoms with van der Waals surface area (Å²) in [5, 5.41) is 0. The van der Waals surface area contributed by atoms with Crippen LogP contribution in [-0.4, -0.2) is 16.5 Å². The Bertz CT molecular complexity index is 728. The lowest BCUT2D eigenvalue weighted by Gasteiger charge is -2.37. The fourth-order valence-corrected chi connectivity index (χ4v) is 3.27. The van der Waals surface area contributed by atoms with Crippen molar-refractivity contribution in [3.63, 3.8) is 0 Å². The van der Waals surface area contributed by atoms with Gasteiger partial charge in [0.2, 0.25) is 5.95 Å². The fraction of sp³-hybridized carbons (Fsp3) is 0.444. The topological polar surface area (TPSA) is 29.0 Å². The molecule has 1 aromatic heterocycles. The Morgan fingerprint density at radius 1 is 1.12 bits per heavy atom. The molecule has 0 bridgehead atoms. The molecule has 0 saturated carbocycles. The van der Waals surface area contributed by atoms with E-state index in [2.05, 4.69) is 23.0 Å². The number of halogens is 3. The number of benzene rings is 1. The highest BCUT2D eigenvalue weighted by Gasteiger charge is 2.34. The number of piperidine rings is 1. The molecular formula is C18H20F3N3. The van der Waals surface area contributed by atoms with E-state index in [-0.39, 0.29) is 12.0 Å². The third kappa shape index (κ3) is 3.23. The average molecular weight is 335 g/mol. The molecule has 0 spiro atoms. The molecule has 2 aromatic rings. The standard InChI is InChI=1S/C18H20F3N3/c1-12-6-5-7-14(13(12)2)15-8-3-4-11-24(15)17-22-10-9-16(23-17)18(19,20)21/h5-7,9-10,15H,3-4,8,11H2,1-2H3/t15-/m0/s1. The molecule has 0 amide bonds. The van der Waals surface area contributed by atoms with Crippen LogP contribution in [0.2, 0.25) is 0 Å². The van der Waals surface area contributed by atoms with E-state index in [9.17, 15) is 13.2 Å². The van der Waals surface area contributed by atoms with E-state index in [0.717, 1.165) is 30.9 Å². The largest absolute Gasteiger partial charge is 0.433 e. The van der Waals surface area contributed by atoms with Crippen LogP contribution in [-0.2, 0) is 6.18 Å². The van der Waals surface area contributed by atoms with Gasteiger partial charge in [-0.05, 0) is 55.9 Å². The minimum Gasteiger partial charge on any atom is -0.334 e. The third-order valence-corrected chi connectivity index (χ3v) is 4.70. The van der Waals surface area contributed by atoms with Gasteiger partial charge in [0, 0.05) is 12.7 Å². The van der Waals surface area contributed by atoms with Gasteiger partial charge in [-0.15, -0.1) is 0 Å². The van der Waals surface area contributed by atoms with Crippen LogP contribution >= 0.6 is 0 Å². The van der Waals surface area contributed by atoms with E-state index < -0.39 is 11.9 Å². The maximum atomic E-state index is 13.0. The highest BCUT2D eigenvalue weighted by Crippen LogP contribution is 2.36.